The molecule has 1 aromatic carbocycles. The van der Waals surface area contributed by atoms with Crippen LogP contribution in [0.5, 0.6) is 0 Å². The van der Waals surface area contributed by atoms with Crippen LogP contribution in [0.2, 0.25) is 0 Å². The standard InChI is InChI=1S/C9H6O2.H4N2.H2O/c10-9-6-5-7-3-1-2-4-8(7)11-9;1-2;/h1-6H;1-2H2;1H2. The fourth-order valence-electron chi connectivity index (χ4n) is 1.01. The average molecular weight is 196 g/mol. The Hall–Kier alpha value is -1.69. The second kappa shape index (κ2) is 5.87. The first-order chi connectivity index (χ1) is 6.36. The highest BCUT2D eigenvalue weighted by Crippen LogP contribution is 2.08. The van der Waals surface area contributed by atoms with Crippen LogP contribution in [0.1, 0.15) is 0 Å². The number of hydrazine groups is 1. The average Bonchev–Trinajstić information content (AvgIpc) is 2.21. The molecule has 76 valence electrons. The minimum Gasteiger partial charge on any atom is -0.423 e. The highest BCUT2D eigenvalue weighted by Gasteiger charge is 1.92. The summed E-state index contributed by atoms with van der Waals surface area (Å²) in [6.07, 6.45) is 0. The van der Waals surface area contributed by atoms with Gasteiger partial charge < -0.3 is 9.89 Å². The van der Waals surface area contributed by atoms with Crippen molar-refractivity contribution in [3.8, 4) is 0 Å². The Bertz CT molecular complexity index is 439. The van der Waals surface area contributed by atoms with E-state index in [1.54, 1.807) is 12.1 Å². The van der Waals surface area contributed by atoms with Gasteiger partial charge in [-0.3, -0.25) is 11.7 Å². The van der Waals surface area contributed by atoms with E-state index in [-0.39, 0.29) is 11.1 Å². The lowest BCUT2D eigenvalue weighted by molar-refractivity contribution is 0.561. The Morgan fingerprint density at radius 2 is 1.64 bits per heavy atom. The second-order valence-corrected chi connectivity index (χ2v) is 2.29. The molecule has 14 heavy (non-hydrogen) atoms. The van der Waals surface area contributed by atoms with Crippen molar-refractivity contribution in [2.24, 2.45) is 11.7 Å². The maximum Gasteiger partial charge on any atom is 0.336 e. The maximum atomic E-state index is 10.7. The number of benzene rings is 1. The van der Waals surface area contributed by atoms with E-state index in [0.29, 0.717) is 5.58 Å². The fraction of sp³-hybridized carbons (Fsp3) is 0. The van der Waals surface area contributed by atoms with E-state index in [1.807, 2.05) is 18.2 Å². The first-order valence-electron chi connectivity index (χ1n) is 3.68. The van der Waals surface area contributed by atoms with Crippen molar-refractivity contribution in [1.82, 2.24) is 0 Å². The molecule has 0 spiro atoms. The third-order valence-electron chi connectivity index (χ3n) is 1.53. The Balaban J connectivity index is 0.000000531. The second-order valence-electron chi connectivity index (χ2n) is 2.29. The summed E-state index contributed by atoms with van der Waals surface area (Å²) in [6.45, 7) is 0. The number of rotatable bonds is 0. The van der Waals surface area contributed by atoms with Crippen molar-refractivity contribution in [1.29, 1.82) is 0 Å². The molecule has 0 aliphatic heterocycles. The van der Waals surface area contributed by atoms with Gasteiger partial charge in [-0.2, -0.15) is 0 Å². The molecule has 0 radical (unpaired) electrons. The molecule has 0 fully saturated rings. The molecular formula is C9H12N2O3. The first kappa shape index (κ1) is 12.3. The molecule has 0 unspecified atom stereocenters. The van der Waals surface area contributed by atoms with Crippen molar-refractivity contribution in [2.45, 2.75) is 0 Å². The van der Waals surface area contributed by atoms with Gasteiger partial charge in [0.05, 0.1) is 0 Å². The topological polar surface area (TPSA) is 114 Å². The van der Waals surface area contributed by atoms with Crippen molar-refractivity contribution in [2.75, 3.05) is 0 Å². The molecule has 2 rings (SSSR count). The van der Waals surface area contributed by atoms with E-state index in [9.17, 15) is 4.79 Å². The number of hydrogen-bond donors (Lipinski definition) is 2. The fourth-order valence-corrected chi connectivity index (χ4v) is 1.01. The van der Waals surface area contributed by atoms with E-state index in [4.69, 9.17) is 4.42 Å². The Morgan fingerprint density at radius 3 is 2.36 bits per heavy atom. The van der Waals surface area contributed by atoms with Crippen LogP contribution in [0.15, 0.2) is 45.6 Å². The zero-order valence-electron chi connectivity index (χ0n) is 7.44. The smallest absolute Gasteiger partial charge is 0.336 e. The van der Waals surface area contributed by atoms with E-state index in [0.717, 1.165) is 5.39 Å². The third kappa shape index (κ3) is 2.67. The van der Waals surface area contributed by atoms with E-state index < -0.39 is 0 Å². The molecule has 0 saturated carbocycles. The molecule has 1 aromatic heterocycles. The minimum atomic E-state index is -0.302. The molecule has 5 nitrogen and oxygen atoms in total. The summed E-state index contributed by atoms with van der Waals surface area (Å²) in [6, 6.07) is 10.6. The van der Waals surface area contributed by atoms with E-state index >= 15 is 0 Å². The zero-order chi connectivity index (χ0) is 9.68. The summed E-state index contributed by atoms with van der Waals surface area (Å²) in [5, 5.41) is 0.951. The monoisotopic (exact) mass is 196 g/mol. The summed E-state index contributed by atoms with van der Waals surface area (Å²) >= 11 is 0. The van der Waals surface area contributed by atoms with Gasteiger partial charge in [0.1, 0.15) is 5.58 Å². The Kier molecular flexibility index (Phi) is 5.16. The largest absolute Gasteiger partial charge is 0.423 e. The van der Waals surface area contributed by atoms with Gasteiger partial charge in [-0.25, -0.2) is 4.79 Å². The number of hydrogen-bond acceptors (Lipinski definition) is 4. The van der Waals surface area contributed by atoms with Crippen LogP contribution < -0.4 is 17.3 Å². The molecule has 0 aliphatic carbocycles. The lowest BCUT2D eigenvalue weighted by Gasteiger charge is -1.91. The molecule has 0 amide bonds. The Morgan fingerprint density at radius 1 is 1.00 bits per heavy atom. The molecule has 5 heteroatoms. The summed E-state index contributed by atoms with van der Waals surface area (Å²) in [5.41, 5.74) is 0.337. The Labute approximate surface area is 80.2 Å². The summed E-state index contributed by atoms with van der Waals surface area (Å²) in [7, 11) is 0. The molecule has 1 heterocycles. The molecule has 0 saturated heterocycles. The summed E-state index contributed by atoms with van der Waals surface area (Å²) in [4.78, 5) is 10.7. The van der Waals surface area contributed by atoms with Gasteiger partial charge in [0, 0.05) is 11.5 Å². The maximum absolute atomic E-state index is 10.7. The summed E-state index contributed by atoms with van der Waals surface area (Å²) < 4.78 is 4.91. The first-order valence-corrected chi connectivity index (χ1v) is 3.68. The van der Waals surface area contributed by atoms with Gasteiger partial charge in [0.25, 0.3) is 0 Å². The highest BCUT2D eigenvalue weighted by atomic mass is 16.4. The molecule has 0 atom stereocenters. The lowest BCUT2D eigenvalue weighted by atomic mass is 10.2. The highest BCUT2D eigenvalue weighted by molar-refractivity contribution is 5.75. The summed E-state index contributed by atoms with van der Waals surface area (Å²) in [5.74, 6) is 8.00. The van der Waals surface area contributed by atoms with Gasteiger partial charge in [-0.1, -0.05) is 18.2 Å². The van der Waals surface area contributed by atoms with Gasteiger partial charge in [0.2, 0.25) is 0 Å². The van der Waals surface area contributed by atoms with Crippen molar-refractivity contribution in [3.63, 3.8) is 0 Å². The van der Waals surface area contributed by atoms with Crippen LogP contribution in [0.3, 0.4) is 0 Å². The molecule has 0 bridgehead atoms. The normalized spacial score (nSPS) is 8.43. The van der Waals surface area contributed by atoms with Crippen LogP contribution >= 0.6 is 0 Å². The lowest BCUT2D eigenvalue weighted by Crippen LogP contribution is -2.02. The van der Waals surface area contributed by atoms with Crippen molar-refractivity contribution >= 4 is 11.0 Å². The predicted octanol–water partition coefficient (Wildman–Crippen LogP) is -0.213. The predicted molar refractivity (Wildman–Crippen MR) is 54.5 cm³/mol. The molecular weight excluding hydrogens is 184 g/mol. The van der Waals surface area contributed by atoms with Gasteiger partial charge in [-0.15, -0.1) is 0 Å². The van der Waals surface area contributed by atoms with Gasteiger partial charge in [-0.05, 0) is 12.1 Å². The molecule has 0 aliphatic rings. The van der Waals surface area contributed by atoms with Gasteiger partial charge in [0.15, 0.2) is 0 Å². The SMILES string of the molecule is NN.O.O=c1ccc2ccccc2o1. The molecule has 2 aromatic rings. The number of para-hydroxylation sites is 1. The zero-order valence-corrected chi connectivity index (χ0v) is 7.44. The van der Waals surface area contributed by atoms with Crippen molar-refractivity contribution < 1.29 is 9.89 Å². The minimum absolute atomic E-state index is 0. The van der Waals surface area contributed by atoms with E-state index in [2.05, 4.69) is 11.7 Å². The van der Waals surface area contributed by atoms with Crippen LogP contribution in [-0.4, -0.2) is 5.48 Å². The van der Waals surface area contributed by atoms with Crippen LogP contribution in [0, 0.1) is 0 Å². The quantitative estimate of drug-likeness (QED) is 0.344. The van der Waals surface area contributed by atoms with Gasteiger partial charge >= 0.3 is 5.63 Å². The van der Waals surface area contributed by atoms with Crippen LogP contribution in [0.25, 0.3) is 11.0 Å². The van der Waals surface area contributed by atoms with Crippen molar-refractivity contribution in [3.05, 3.63) is 46.8 Å². The van der Waals surface area contributed by atoms with E-state index in [1.165, 1.54) is 6.07 Å². The van der Waals surface area contributed by atoms with Crippen LogP contribution in [0.4, 0.5) is 0 Å². The number of nitrogens with two attached hydrogens (primary N) is 2. The number of fused-ring (bicyclic) bond motifs is 1. The van der Waals surface area contributed by atoms with Crippen LogP contribution in [-0.2, 0) is 0 Å². The third-order valence-corrected chi connectivity index (χ3v) is 1.53. The molecule has 6 N–H and O–H groups in total.